The molecule has 0 radical (unpaired) electrons. The summed E-state index contributed by atoms with van der Waals surface area (Å²) < 4.78 is 5.18. The number of aldehydes is 1. The SMILES string of the molecule is CC(O)(C=O)CC1CCOCC1. The van der Waals surface area contributed by atoms with Crippen molar-refractivity contribution in [3.63, 3.8) is 0 Å². The predicted octanol–water partition coefficient (Wildman–Crippen LogP) is 0.753. The average Bonchev–Trinajstić information content (AvgIpc) is 2.06. The van der Waals surface area contributed by atoms with Crippen molar-refractivity contribution in [2.45, 2.75) is 31.8 Å². The Balaban J connectivity index is 2.33. The first-order valence-electron chi connectivity index (χ1n) is 4.40. The van der Waals surface area contributed by atoms with Gasteiger partial charge in [-0.2, -0.15) is 0 Å². The summed E-state index contributed by atoms with van der Waals surface area (Å²) in [6, 6.07) is 0. The smallest absolute Gasteiger partial charge is 0.151 e. The molecule has 3 heteroatoms. The lowest BCUT2D eigenvalue weighted by atomic mass is 9.88. The first-order chi connectivity index (χ1) is 5.64. The van der Waals surface area contributed by atoms with Gasteiger partial charge < -0.3 is 14.6 Å². The number of hydrogen-bond acceptors (Lipinski definition) is 3. The number of hydrogen-bond donors (Lipinski definition) is 1. The van der Waals surface area contributed by atoms with Gasteiger partial charge in [0.2, 0.25) is 0 Å². The van der Waals surface area contributed by atoms with E-state index in [0.29, 0.717) is 18.6 Å². The summed E-state index contributed by atoms with van der Waals surface area (Å²) in [6.07, 6.45) is 3.12. The van der Waals surface area contributed by atoms with Gasteiger partial charge in [0.1, 0.15) is 5.60 Å². The van der Waals surface area contributed by atoms with Gasteiger partial charge in [0.15, 0.2) is 6.29 Å². The fourth-order valence-electron chi connectivity index (χ4n) is 1.58. The monoisotopic (exact) mass is 172 g/mol. The predicted molar refractivity (Wildman–Crippen MR) is 44.8 cm³/mol. The van der Waals surface area contributed by atoms with Crippen molar-refractivity contribution < 1.29 is 14.6 Å². The highest BCUT2D eigenvalue weighted by molar-refractivity contribution is 5.61. The van der Waals surface area contributed by atoms with E-state index in [-0.39, 0.29) is 0 Å². The largest absolute Gasteiger partial charge is 0.383 e. The molecule has 0 aliphatic carbocycles. The van der Waals surface area contributed by atoms with E-state index in [0.717, 1.165) is 26.1 Å². The van der Waals surface area contributed by atoms with Gasteiger partial charge in [-0.1, -0.05) is 0 Å². The molecule has 1 aliphatic rings. The molecular formula is C9H16O3. The standard InChI is InChI=1S/C9H16O3/c1-9(11,7-10)6-8-2-4-12-5-3-8/h7-8,11H,2-6H2,1H3. The molecule has 0 spiro atoms. The summed E-state index contributed by atoms with van der Waals surface area (Å²) in [6.45, 7) is 3.09. The second-order valence-electron chi connectivity index (χ2n) is 3.73. The lowest BCUT2D eigenvalue weighted by Gasteiger charge is -2.26. The molecule has 70 valence electrons. The van der Waals surface area contributed by atoms with Crippen LogP contribution in [0.1, 0.15) is 26.2 Å². The topological polar surface area (TPSA) is 46.5 Å². The van der Waals surface area contributed by atoms with Gasteiger partial charge >= 0.3 is 0 Å². The molecule has 0 aromatic carbocycles. The number of aliphatic hydroxyl groups is 1. The highest BCUT2D eigenvalue weighted by Crippen LogP contribution is 2.23. The quantitative estimate of drug-likeness (QED) is 0.639. The molecule has 1 N–H and O–H groups in total. The van der Waals surface area contributed by atoms with Crippen molar-refractivity contribution in [3.05, 3.63) is 0 Å². The van der Waals surface area contributed by atoms with Crippen molar-refractivity contribution >= 4 is 6.29 Å². The van der Waals surface area contributed by atoms with E-state index in [9.17, 15) is 9.90 Å². The van der Waals surface area contributed by atoms with Gasteiger partial charge in [-0.05, 0) is 32.1 Å². The van der Waals surface area contributed by atoms with Crippen molar-refractivity contribution in [2.24, 2.45) is 5.92 Å². The zero-order valence-electron chi connectivity index (χ0n) is 7.45. The van der Waals surface area contributed by atoms with Crippen LogP contribution in [0.3, 0.4) is 0 Å². The summed E-state index contributed by atoms with van der Waals surface area (Å²) in [5, 5.41) is 9.47. The normalized spacial score (nSPS) is 24.8. The molecule has 1 aliphatic heterocycles. The average molecular weight is 172 g/mol. The van der Waals surface area contributed by atoms with Crippen molar-refractivity contribution in [1.82, 2.24) is 0 Å². The molecule has 1 saturated heterocycles. The molecule has 0 bridgehead atoms. The van der Waals surface area contributed by atoms with Crippen molar-refractivity contribution in [3.8, 4) is 0 Å². The maximum atomic E-state index is 10.4. The van der Waals surface area contributed by atoms with Crippen LogP contribution in [-0.2, 0) is 9.53 Å². The fourth-order valence-corrected chi connectivity index (χ4v) is 1.58. The van der Waals surface area contributed by atoms with Gasteiger partial charge in [0.25, 0.3) is 0 Å². The van der Waals surface area contributed by atoms with Crippen LogP contribution in [0.5, 0.6) is 0 Å². The Morgan fingerprint density at radius 3 is 2.67 bits per heavy atom. The summed E-state index contributed by atoms with van der Waals surface area (Å²) in [7, 11) is 0. The number of carbonyl (C=O) groups is 1. The molecule has 1 rings (SSSR count). The van der Waals surface area contributed by atoms with Gasteiger partial charge in [-0.25, -0.2) is 0 Å². The van der Waals surface area contributed by atoms with E-state index in [4.69, 9.17) is 4.74 Å². The van der Waals surface area contributed by atoms with Gasteiger partial charge in [0.05, 0.1) is 0 Å². The Morgan fingerprint density at radius 1 is 1.58 bits per heavy atom. The van der Waals surface area contributed by atoms with Gasteiger partial charge in [-0.15, -0.1) is 0 Å². The third-order valence-electron chi connectivity index (χ3n) is 2.30. The fraction of sp³-hybridized carbons (Fsp3) is 0.889. The van der Waals surface area contributed by atoms with Crippen LogP contribution in [0.2, 0.25) is 0 Å². The Kier molecular flexibility index (Phi) is 3.23. The number of rotatable bonds is 3. The molecule has 1 fully saturated rings. The van der Waals surface area contributed by atoms with E-state index in [1.807, 2.05) is 0 Å². The Hall–Kier alpha value is -0.410. The Labute approximate surface area is 72.7 Å². The molecule has 3 nitrogen and oxygen atoms in total. The van der Waals surface area contributed by atoms with Crippen LogP contribution >= 0.6 is 0 Å². The molecule has 1 unspecified atom stereocenters. The third-order valence-corrected chi connectivity index (χ3v) is 2.30. The van der Waals surface area contributed by atoms with Crippen molar-refractivity contribution in [2.75, 3.05) is 13.2 Å². The van der Waals surface area contributed by atoms with Crippen LogP contribution < -0.4 is 0 Å². The van der Waals surface area contributed by atoms with Crippen LogP contribution in [0, 0.1) is 5.92 Å². The molecule has 1 atom stereocenters. The molecular weight excluding hydrogens is 156 g/mol. The molecule has 12 heavy (non-hydrogen) atoms. The van der Waals surface area contributed by atoms with Gasteiger partial charge in [-0.3, -0.25) is 0 Å². The minimum absolute atomic E-state index is 0.443. The van der Waals surface area contributed by atoms with Crippen molar-refractivity contribution in [1.29, 1.82) is 0 Å². The highest BCUT2D eigenvalue weighted by atomic mass is 16.5. The summed E-state index contributed by atoms with van der Waals surface area (Å²) in [5.74, 6) is 0.443. The zero-order valence-corrected chi connectivity index (χ0v) is 7.45. The molecule has 0 aromatic heterocycles. The van der Waals surface area contributed by atoms with Gasteiger partial charge in [0, 0.05) is 13.2 Å². The van der Waals surface area contributed by atoms with E-state index < -0.39 is 5.60 Å². The highest BCUT2D eigenvalue weighted by Gasteiger charge is 2.25. The Morgan fingerprint density at radius 2 is 2.17 bits per heavy atom. The molecule has 0 aromatic rings. The van der Waals surface area contributed by atoms with Crippen LogP contribution in [0.15, 0.2) is 0 Å². The summed E-state index contributed by atoms with van der Waals surface area (Å²) in [4.78, 5) is 10.4. The molecule has 1 heterocycles. The molecule has 0 amide bonds. The zero-order chi connectivity index (χ0) is 9.03. The number of carbonyl (C=O) groups excluding carboxylic acids is 1. The lowest BCUT2D eigenvalue weighted by Crippen LogP contribution is -2.31. The molecule has 0 saturated carbocycles. The Bertz CT molecular complexity index is 148. The maximum absolute atomic E-state index is 10.4. The minimum atomic E-state index is -1.14. The summed E-state index contributed by atoms with van der Waals surface area (Å²) >= 11 is 0. The lowest BCUT2D eigenvalue weighted by molar-refractivity contribution is -0.124. The summed E-state index contributed by atoms with van der Waals surface area (Å²) in [5.41, 5.74) is -1.14. The first-order valence-corrected chi connectivity index (χ1v) is 4.40. The van der Waals surface area contributed by atoms with E-state index >= 15 is 0 Å². The number of ether oxygens (including phenoxy) is 1. The second-order valence-corrected chi connectivity index (χ2v) is 3.73. The van der Waals surface area contributed by atoms with Crippen LogP contribution in [-0.4, -0.2) is 30.2 Å². The van der Waals surface area contributed by atoms with Crippen LogP contribution in [0.25, 0.3) is 0 Å². The first kappa shape index (κ1) is 9.68. The van der Waals surface area contributed by atoms with E-state index in [1.165, 1.54) is 0 Å². The third kappa shape index (κ3) is 2.91. The second kappa shape index (κ2) is 4.01. The maximum Gasteiger partial charge on any atom is 0.151 e. The van der Waals surface area contributed by atoms with Crippen LogP contribution in [0.4, 0.5) is 0 Å². The van der Waals surface area contributed by atoms with E-state index in [1.54, 1.807) is 6.92 Å². The minimum Gasteiger partial charge on any atom is -0.383 e. The van der Waals surface area contributed by atoms with E-state index in [2.05, 4.69) is 0 Å².